The quantitative estimate of drug-likeness (QED) is 0.886. The largest absolute Gasteiger partial charge is 0.508 e. The Labute approximate surface area is 113 Å². The second kappa shape index (κ2) is 5.05. The minimum Gasteiger partial charge on any atom is -0.508 e. The zero-order valence-corrected chi connectivity index (χ0v) is 11.1. The predicted octanol–water partition coefficient (Wildman–Crippen LogP) is 2.30. The normalized spacial score (nSPS) is 19.9. The maximum atomic E-state index is 9.61. The summed E-state index contributed by atoms with van der Waals surface area (Å²) in [6.07, 6.45) is 3.04. The van der Waals surface area contributed by atoms with Crippen LogP contribution in [0, 0.1) is 5.92 Å². The predicted molar refractivity (Wildman–Crippen MR) is 77.5 cm³/mol. The molecule has 0 bridgehead atoms. The molecule has 0 saturated carbocycles. The van der Waals surface area contributed by atoms with E-state index in [0.717, 1.165) is 29.7 Å². The van der Waals surface area contributed by atoms with Gasteiger partial charge in [0.05, 0.1) is 0 Å². The van der Waals surface area contributed by atoms with E-state index >= 15 is 0 Å². The molecule has 0 spiro atoms. The molecular formula is C15H19N3O. The first kappa shape index (κ1) is 12.2. The summed E-state index contributed by atoms with van der Waals surface area (Å²) in [5.41, 5.74) is 0. The van der Waals surface area contributed by atoms with Crippen molar-refractivity contribution in [3.63, 3.8) is 0 Å². The first-order valence-corrected chi connectivity index (χ1v) is 6.72. The lowest BCUT2D eigenvalue weighted by Crippen LogP contribution is -2.19. The van der Waals surface area contributed by atoms with E-state index in [1.54, 1.807) is 12.1 Å². The molecule has 2 N–H and O–H groups in total. The summed E-state index contributed by atoms with van der Waals surface area (Å²) >= 11 is 0. The van der Waals surface area contributed by atoms with E-state index in [1.165, 1.54) is 13.0 Å². The molecule has 100 valence electrons. The standard InChI is InChI=1S/C15H19N3O/c1-18-7-5-11(10-18)9-17-15-14-8-13(19)3-2-12(14)4-6-16-15/h2-4,6,8,11,19H,5,7,9-10H2,1H3,(H,16,17). The highest BCUT2D eigenvalue weighted by molar-refractivity contribution is 5.92. The second-order valence-electron chi connectivity index (χ2n) is 5.36. The summed E-state index contributed by atoms with van der Waals surface area (Å²) in [6, 6.07) is 7.35. The van der Waals surface area contributed by atoms with E-state index in [9.17, 15) is 5.11 Å². The molecular weight excluding hydrogens is 238 g/mol. The number of likely N-dealkylation sites (tertiary alicyclic amines) is 1. The topological polar surface area (TPSA) is 48.4 Å². The molecule has 0 radical (unpaired) electrons. The molecule has 1 atom stereocenters. The Hall–Kier alpha value is -1.81. The van der Waals surface area contributed by atoms with Gasteiger partial charge in [0.1, 0.15) is 11.6 Å². The molecule has 1 aromatic heterocycles. The molecule has 2 aromatic rings. The maximum Gasteiger partial charge on any atom is 0.133 e. The minimum absolute atomic E-state index is 0.282. The van der Waals surface area contributed by atoms with Crippen LogP contribution in [-0.2, 0) is 0 Å². The van der Waals surface area contributed by atoms with Crippen LogP contribution in [0.15, 0.2) is 30.5 Å². The van der Waals surface area contributed by atoms with E-state index in [2.05, 4.69) is 22.2 Å². The summed E-state index contributed by atoms with van der Waals surface area (Å²) in [6.45, 7) is 3.26. The third-order valence-electron chi connectivity index (χ3n) is 3.80. The Morgan fingerprint density at radius 1 is 1.42 bits per heavy atom. The number of phenolic OH excluding ortho intramolecular Hbond substituents is 1. The molecule has 3 rings (SSSR count). The van der Waals surface area contributed by atoms with E-state index in [0.29, 0.717) is 5.92 Å². The summed E-state index contributed by atoms with van der Waals surface area (Å²) in [5.74, 6) is 1.83. The van der Waals surface area contributed by atoms with Crippen LogP contribution in [0.4, 0.5) is 5.82 Å². The number of rotatable bonds is 3. The van der Waals surface area contributed by atoms with Gasteiger partial charge in [0.25, 0.3) is 0 Å². The fraction of sp³-hybridized carbons (Fsp3) is 0.400. The molecule has 0 amide bonds. The number of anilines is 1. The molecule has 2 heterocycles. The van der Waals surface area contributed by atoms with E-state index in [-0.39, 0.29) is 5.75 Å². The number of hydrogen-bond acceptors (Lipinski definition) is 4. The maximum absolute atomic E-state index is 9.61. The Kier molecular flexibility index (Phi) is 3.25. The molecule has 1 fully saturated rings. The van der Waals surface area contributed by atoms with E-state index in [1.807, 2.05) is 18.3 Å². The second-order valence-corrected chi connectivity index (χ2v) is 5.36. The summed E-state index contributed by atoms with van der Waals surface area (Å²) in [4.78, 5) is 6.75. The zero-order chi connectivity index (χ0) is 13.2. The molecule has 4 nitrogen and oxygen atoms in total. The number of benzene rings is 1. The van der Waals surface area contributed by atoms with Gasteiger partial charge in [-0.25, -0.2) is 4.98 Å². The number of aromatic nitrogens is 1. The number of nitrogens with one attached hydrogen (secondary N) is 1. The van der Waals surface area contributed by atoms with Crippen LogP contribution in [0.5, 0.6) is 5.75 Å². The van der Waals surface area contributed by atoms with Crippen molar-refractivity contribution < 1.29 is 5.11 Å². The number of fused-ring (bicyclic) bond motifs is 1. The van der Waals surface area contributed by atoms with Gasteiger partial charge in [0, 0.05) is 24.7 Å². The number of hydrogen-bond donors (Lipinski definition) is 2. The Morgan fingerprint density at radius 2 is 2.32 bits per heavy atom. The first-order valence-electron chi connectivity index (χ1n) is 6.72. The number of aromatic hydroxyl groups is 1. The number of phenols is 1. The number of pyridine rings is 1. The van der Waals surface area contributed by atoms with E-state index in [4.69, 9.17) is 0 Å². The third kappa shape index (κ3) is 2.63. The monoisotopic (exact) mass is 257 g/mol. The average molecular weight is 257 g/mol. The highest BCUT2D eigenvalue weighted by atomic mass is 16.3. The molecule has 1 aromatic carbocycles. The molecule has 1 aliphatic heterocycles. The number of nitrogens with zero attached hydrogens (tertiary/aromatic N) is 2. The van der Waals surface area contributed by atoms with Gasteiger partial charge in [0.2, 0.25) is 0 Å². The third-order valence-corrected chi connectivity index (χ3v) is 3.80. The van der Waals surface area contributed by atoms with Crippen LogP contribution < -0.4 is 5.32 Å². The summed E-state index contributed by atoms with van der Waals surface area (Å²) in [7, 11) is 2.16. The smallest absolute Gasteiger partial charge is 0.133 e. The van der Waals surface area contributed by atoms with Gasteiger partial charge in [-0.2, -0.15) is 0 Å². The lowest BCUT2D eigenvalue weighted by Gasteiger charge is -2.13. The SMILES string of the molecule is CN1CCC(CNc2nccc3ccc(O)cc23)C1. The fourth-order valence-corrected chi connectivity index (χ4v) is 2.73. The van der Waals surface area contributed by atoms with Crippen LogP contribution >= 0.6 is 0 Å². The summed E-state index contributed by atoms with van der Waals surface area (Å²) < 4.78 is 0. The Bertz CT molecular complexity index is 585. The van der Waals surface area contributed by atoms with Gasteiger partial charge >= 0.3 is 0 Å². The molecule has 4 heteroatoms. The van der Waals surface area contributed by atoms with Crippen molar-refractivity contribution in [1.82, 2.24) is 9.88 Å². The van der Waals surface area contributed by atoms with Gasteiger partial charge < -0.3 is 15.3 Å². The highest BCUT2D eigenvalue weighted by Gasteiger charge is 2.19. The van der Waals surface area contributed by atoms with Crippen molar-refractivity contribution in [3.8, 4) is 5.75 Å². The average Bonchev–Trinajstić information content (AvgIpc) is 2.82. The van der Waals surface area contributed by atoms with Gasteiger partial charge in [-0.05, 0) is 49.5 Å². The zero-order valence-electron chi connectivity index (χ0n) is 11.1. The van der Waals surface area contributed by atoms with Gasteiger partial charge in [-0.3, -0.25) is 0 Å². The van der Waals surface area contributed by atoms with Gasteiger partial charge in [-0.15, -0.1) is 0 Å². The first-order chi connectivity index (χ1) is 9.22. The Morgan fingerprint density at radius 3 is 3.11 bits per heavy atom. The molecule has 1 saturated heterocycles. The van der Waals surface area contributed by atoms with Gasteiger partial charge in [-0.1, -0.05) is 6.07 Å². The van der Waals surface area contributed by atoms with Crippen LogP contribution in [0.2, 0.25) is 0 Å². The van der Waals surface area contributed by atoms with Crippen LogP contribution in [0.1, 0.15) is 6.42 Å². The van der Waals surface area contributed by atoms with Crippen molar-refractivity contribution in [2.45, 2.75) is 6.42 Å². The molecule has 19 heavy (non-hydrogen) atoms. The Balaban J connectivity index is 1.78. The lowest BCUT2D eigenvalue weighted by molar-refractivity contribution is 0.399. The van der Waals surface area contributed by atoms with E-state index < -0.39 is 0 Å². The molecule has 0 aliphatic carbocycles. The summed E-state index contributed by atoms with van der Waals surface area (Å²) in [5, 5.41) is 15.1. The minimum atomic E-state index is 0.282. The molecule has 1 unspecified atom stereocenters. The van der Waals surface area contributed by atoms with Crippen LogP contribution in [0.3, 0.4) is 0 Å². The van der Waals surface area contributed by atoms with Crippen molar-refractivity contribution in [3.05, 3.63) is 30.5 Å². The molecule has 1 aliphatic rings. The van der Waals surface area contributed by atoms with Crippen molar-refractivity contribution in [2.24, 2.45) is 5.92 Å². The van der Waals surface area contributed by atoms with Crippen LogP contribution in [0.25, 0.3) is 10.8 Å². The van der Waals surface area contributed by atoms with Crippen molar-refractivity contribution >= 4 is 16.6 Å². The van der Waals surface area contributed by atoms with Crippen molar-refractivity contribution in [1.29, 1.82) is 0 Å². The van der Waals surface area contributed by atoms with Gasteiger partial charge in [0.15, 0.2) is 0 Å². The highest BCUT2D eigenvalue weighted by Crippen LogP contribution is 2.25. The lowest BCUT2D eigenvalue weighted by atomic mass is 10.1. The van der Waals surface area contributed by atoms with Crippen molar-refractivity contribution in [2.75, 3.05) is 32.0 Å². The van der Waals surface area contributed by atoms with Crippen LogP contribution in [-0.4, -0.2) is 41.7 Å². The fourth-order valence-electron chi connectivity index (χ4n) is 2.73.